The van der Waals surface area contributed by atoms with Crippen LogP contribution in [0.25, 0.3) is 0 Å². The minimum absolute atomic E-state index is 0.417. The zero-order valence-electron chi connectivity index (χ0n) is 8.33. The highest BCUT2D eigenvalue weighted by atomic mass is 14.7. The molecule has 0 spiro atoms. The van der Waals surface area contributed by atoms with E-state index in [4.69, 9.17) is 5.73 Å². The van der Waals surface area contributed by atoms with E-state index in [2.05, 4.69) is 38.1 Å². The van der Waals surface area contributed by atoms with Crippen LogP contribution in [0.5, 0.6) is 0 Å². The third-order valence-electron chi connectivity index (χ3n) is 2.86. The zero-order valence-corrected chi connectivity index (χ0v) is 8.33. The van der Waals surface area contributed by atoms with Gasteiger partial charge in [-0.15, -0.1) is 0 Å². The lowest BCUT2D eigenvalue weighted by atomic mass is 9.94. The molecule has 0 radical (unpaired) electrons. The van der Waals surface area contributed by atoms with Gasteiger partial charge in [-0.25, -0.2) is 0 Å². The number of hydrogen-bond acceptors (Lipinski definition) is 1. The molecule has 0 aromatic heterocycles. The van der Waals surface area contributed by atoms with Gasteiger partial charge in [0.1, 0.15) is 0 Å². The van der Waals surface area contributed by atoms with Crippen molar-refractivity contribution >= 4 is 0 Å². The number of hydrogen-bond donors (Lipinski definition) is 1. The van der Waals surface area contributed by atoms with E-state index >= 15 is 0 Å². The Hall–Kier alpha value is -0.820. The van der Waals surface area contributed by atoms with Crippen molar-refractivity contribution in [2.75, 3.05) is 0 Å². The summed E-state index contributed by atoms with van der Waals surface area (Å²) in [6.45, 7) is 4.49. The normalized spacial score (nSPS) is 26.5. The van der Waals surface area contributed by atoms with Gasteiger partial charge in [-0.3, -0.25) is 0 Å². The van der Waals surface area contributed by atoms with Gasteiger partial charge in [0.05, 0.1) is 0 Å². The number of nitrogens with two attached hydrogens (primary N) is 1. The van der Waals surface area contributed by atoms with Gasteiger partial charge in [0.15, 0.2) is 0 Å². The summed E-state index contributed by atoms with van der Waals surface area (Å²) in [6.07, 6.45) is 1.17. The van der Waals surface area contributed by atoms with Gasteiger partial charge in [-0.1, -0.05) is 38.1 Å². The predicted octanol–water partition coefficient (Wildman–Crippen LogP) is 2.62. The van der Waals surface area contributed by atoms with E-state index in [9.17, 15) is 0 Å². The fraction of sp³-hybridized carbons (Fsp3) is 0.500. The summed E-state index contributed by atoms with van der Waals surface area (Å²) in [4.78, 5) is 0. The van der Waals surface area contributed by atoms with Crippen molar-refractivity contribution in [3.05, 3.63) is 35.4 Å². The molecule has 0 amide bonds. The molecule has 0 saturated heterocycles. The molecule has 0 bridgehead atoms. The van der Waals surface area contributed by atoms with Crippen molar-refractivity contribution in [1.82, 2.24) is 0 Å². The molecule has 1 fully saturated rings. The second-order valence-corrected chi connectivity index (χ2v) is 4.29. The third kappa shape index (κ3) is 1.61. The van der Waals surface area contributed by atoms with E-state index in [0.717, 1.165) is 0 Å². The molecule has 1 aromatic rings. The van der Waals surface area contributed by atoms with Gasteiger partial charge in [0.25, 0.3) is 0 Å². The molecule has 13 heavy (non-hydrogen) atoms. The molecule has 2 unspecified atom stereocenters. The number of rotatable bonds is 2. The van der Waals surface area contributed by atoms with Crippen LogP contribution in [-0.4, -0.2) is 6.04 Å². The Morgan fingerprint density at radius 1 is 1.31 bits per heavy atom. The first-order valence-corrected chi connectivity index (χ1v) is 5.04. The molecule has 1 heteroatoms. The van der Waals surface area contributed by atoms with Gasteiger partial charge < -0.3 is 5.73 Å². The van der Waals surface area contributed by atoms with Crippen LogP contribution in [0, 0.1) is 0 Å². The Bertz CT molecular complexity index is 304. The smallest absolute Gasteiger partial charge is 0.0115 e. The van der Waals surface area contributed by atoms with Crippen LogP contribution in [0.2, 0.25) is 0 Å². The largest absolute Gasteiger partial charge is 0.327 e. The molecule has 2 atom stereocenters. The lowest BCUT2D eigenvalue weighted by molar-refractivity contribution is 0.835. The van der Waals surface area contributed by atoms with Crippen molar-refractivity contribution in [2.24, 2.45) is 5.73 Å². The van der Waals surface area contributed by atoms with Crippen molar-refractivity contribution in [3.63, 3.8) is 0 Å². The second kappa shape index (κ2) is 3.15. The van der Waals surface area contributed by atoms with Gasteiger partial charge in [-0.2, -0.15) is 0 Å². The van der Waals surface area contributed by atoms with Gasteiger partial charge in [0, 0.05) is 12.0 Å². The molecule has 1 nitrogen and oxygen atoms in total. The topological polar surface area (TPSA) is 26.0 Å². The van der Waals surface area contributed by atoms with Gasteiger partial charge >= 0.3 is 0 Å². The molecule has 2 rings (SSSR count). The van der Waals surface area contributed by atoms with Crippen LogP contribution in [0.3, 0.4) is 0 Å². The first-order chi connectivity index (χ1) is 6.20. The lowest BCUT2D eigenvalue weighted by Crippen LogP contribution is -2.03. The second-order valence-electron chi connectivity index (χ2n) is 4.29. The van der Waals surface area contributed by atoms with Crippen molar-refractivity contribution in [2.45, 2.75) is 38.1 Å². The van der Waals surface area contributed by atoms with E-state index in [1.54, 1.807) is 0 Å². The number of benzene rings is 1. The maximum absolute atomic E-state index is 5.87. The summed E-state index contributed by atoms with van der Waals surface area (Å²) in [5.41, 5.74) is 8.82. The van der Waals surface area contributed by atoms with Gasteiger partial charge in [-0.05, 0) is 23.5 Å². The van der Waals surface area contributed by atoms with E-state index < -0.39 is 0 Å². The van der Waals surface area contributed by atoms with E-state index in [-0.39, 0.29) is 0 Å². The predicted molar refractivity (Wildman–Crippen MR) is 55.9 cm³/mol. The Labute approximate surface area is 80.0 Å². The van der Waals surface area contributed by atoms with Crippen LogP contribution >= 0.6 is 0 Å². The van der Waals surface area contributed by atoms with Crippen molar-refractivity contribution in [1.29, 1.82) is 0 Å². The van der Waals surface area contributed by atoms with Crippen LogP contribution in [0.15, 0.2) is 24.3 Å². The van der Waals surface area contributed by atoms with E-state index in [0.29, 0.717) is 17.9 Å². The molecule has 1 aliphatic carbocycles. The van der Waals surface area contributed by atoms with E-state index in [1.807, 2.05) is 0 Å². The average Bonchev–Trinajstić information content (AvgIpc) is 2.82. The lowest BCUT2D eigenvalue weighted by Gasteiger charge is -2.11. The highest BCUT2D eigenvalue weighted by Crippen LogP contribution is 2.42. The molecular formula is C12H17N. The summed E-state index contributed by atoms with van der Waals surface area (Å²) < 4.78 is 0. The summed E-state index contributed by atoms with van der Waals surface area (Å²) in [5, 5.41) is 0. The summed E-state index contributed by atoms with van der Waals surface area (Å²) in [6, 6.07) is 9.11. The molecule has 1 saturated carbocycles. The average molecular weight is 175 g/mol. The molecule has 70 valence electrons. The molecular weight excluding hydrogens is 158 g/mol. The minimum atomic E-state index is 0.417. The maximum atomic E-state index is 5.87. The molecule has 0 aliphatic heterocycles. The molecule has 0 heterocycles. The van der Waals surface area contributed by atoms with Crippen molar-refractivity contribution in [3.8, 4) is 0 Å². The van der Waals surface area contributed by atoms with Crippen LogP contribution in [0.4, 0.5) is 0 Å². The van der Waals surface area contributed by atoms with Gasteiger partial charge in [0.2, 0.25) is 0 Å². The quantitative estimate of drug-likeness (QED) is 0.734. The minimum Gasteiger partial charge on any atom is -0.327 e. The first-order valence-electron chi connectivity index (χ1n) is 5.04. The van der Waals surface area contributed by atoms with Crippen LogP contribution in [-0.2, 0) is 0 Å². The SMILES string of the molecule is CC(C)c1ccccc1C1CC1N. The molecule has 2 N–H and O–H groups in total. The van der Waals surface area contributed by atoms with E-state index in [1.165, 1.54) is 17.5 Å². The summed E-state index contributed by atoms with van der Waals surface area (Å²) in [7, 11) is 0. The Balaban J connectivity index is 2.33. The molecule has 1 aromatic carbocycles. The molecule has 1 aliphatic rings. The summed E-state index contributed by atoms with van der Waals surface area (Å²) >= 11 is 0. The fourth-order valence-electron chi connectivity index (χ4n) is 1.95. The zero-order chi connectivity index (χ0) is 9.42. The highest BCUT2D eigenvalue weighted by Gasteiger charge is 2.36. The Morgan fingerprint density at radius 2 is 1.92 bits per heavy atom. The van der Waals surface area contributed by atoms with Crippen LogP contribution in [0.1, 0.15) is 43.2 Å². The fourth-order valence-corrected chi connectivity index (χ4v) is 1.95. The Kier molecular flexibility index (Phi) is 2.12. The Morgan fingerprint density at radius 3 is 2.46 bits per heavy atom. The monoisotopic (exact) mass is 175 g/mol. The maximum Gasteiger partial charge on any atom is 0.0115 e. The van der Waals surface area contributed by atoms with Crippen molar-refractivity contribution < 1.29 is 0 Å². The highest BCUT2D eigenvalue weighted by molar-refractivity contribution is 5.37. The third-order valence-corrected chi connectivity index (χ3v) is 2.86. The van der Waals surface area contributed by atoms with Crippen LogP contribution < -0.4 is 5.73 Å². The standard InChI is InChI=1S/C12H17N/c1-8(2)9-5-3-4-6-10(9)11-7-12(11)13/h3-6,8,11-12H,7,13H2,1-2H3. The summed E-state index contributed by atoms with van der Waals surface area (Å²) in [5.74, 6) is 1.25. The first kappa shape index (κ1) is 8.76.